The van der Waals surface area contributed by atoms with Crippen LogP contribution in [0.3, 0.4) is 0 Å². The number of aromatic amines is 1. The molecular formula is C26H22N4O3S. The summed E-state index contributed by atoms with van der Waals surface area (Å²) in [6, 6.07) is 20.4. The second kappa shape index (κ2) is 9.36. The lowest BCUT2D eigenvalue weighted by Gasteiger charge is -2.08. The van der Waals surface area contributed by atoms with Crippen LogP contribution in [0.4, 0.5) is 5.69 Å². The number of aromatic nitrogens is 2. The fourth-order valence-electron chi connectivity index (χ4n) is 3.88. The molecule has 2 aromatic heterocycles. The van der Waals surface area contributed by atoms with Crippen molar-refractivity contribution < 1.29 is 14.3 Å². The maximum Gasteiger partial charge on any atom is 0.276 e. The van der Waals surface area contributed by atoms with E-state index in [0.717, 1.165) is 32.3 Å². The van der Waals surface area contributed by atoms with E-state index in [9.17, 15) is 9.59 Å². The minimum Gasteiger partial charge on any atom is -0.497 e. The van der Waals surface area contributed by atoms with E-state index in [4.69, 9.17) is 4.74 Å². The number of rotatable bonds is 7. The van der Waals surface area contributed by atoms with Gasteiger partial charge in [0.15, 0.2) is 0 Å². The number of hydrogen-bond donors (Lipinski definition) is 3. The number of ether oxygens (including phenoxy) is 1. The van der Waals surface area contributed by atoms with E-state index in [-0.39, 0.29) is 11.8 Å². The van der Waals surface area contributed by atoms with Gasteiger partial charge in [-0.3, -0.25) is 9.59 Å². The molecule has 2 heterocycles. The molecule has 5 rings (SSSR count). The molecule has 2 amide bonds. The Morgan fingerprint density at radius 1 is 1.00 bits per heavy atom. The standard InChI is InChI=1S/C26H22N4O3S/c1-33-19-9-10-22-21(14-19)17(15-28-22)11-12-27-25(31)16-5-4-6-18(13-16)29-26(32)24-20-7-2-3-8-23(20)34-30-24/h2-10,13-15,28H,11-12H2,1H3,(H,27,31)(H,29,32). The zero-order chi connectivity index (χ0) is 23.5. The Kier molecular flexibility index (Phi) is 5.97. The Bertz CT molecular complexity index is 1500. The molecule has 34 heavy (non-hydrogen) atoms. The molecule has 3 N–H and O–H groups in total. The predicted octanol–water partition coefficient (Wildman–Crippen LogP) is 5.01. The van der Waals surface area contributed by atoms with Crippen molar-refractivity contribution in [1.29, 1.82) is 0 Å². The third kappa shape index (κ3) is 4.35. The van der Waals surface area contributed by atoms with Crippen LogP contribution in [0.1, 0.15) is 26.4 Å². The first-order chi connectivity index (χ1) is 16.6. The number of methoxy groups -OCH3 is 1. The molecule has 0 saturated carbocycles. The lowest BCUT2D eigenvalue weighted by molar-refractivity contribution is 0.0952. The predicted molar refractivity (Wildman–Crippen MR) is 135 cm³/mol. The van der Waals surface area contributed by atoms with Crippen molar-refractivity contribution in [2.24, 2.45) is 0 Å². The number of nitrogens with one attached hydrogen (secondary N) is 3. The molecule has 170 valence electrons. The molecule has 0 atom stereocenters. The van der Waals surface area contributed by atoms with Crippen LogP contribution in [0.5, 0.6) is 5.75 Å². The Morgan fingerprint density at radius 2 is 1.88 bits per heavy atom. The van der Waals surface area contributed by atoms with Crippen LogP contribution >= 0.6 is 11.5 Å². The highest BCUT2D eigenvalue weighted by Crippen LogP contribution is 2.25. The molecule has 0 unspecified atom stereocenters. The molecule has 0 saturated heterocycles. The summed E-state index contributed by atoms with van der Waals surface area (Å²) in [4.78, 5) is 28.7. The number of nitrogens with zero attached hydrogens (tertiary/aromatic N) is 1. The molecule has 7 nitrogen and oxygen atoms in total. The van der Waals surface area contributed by atoms with Crippen LogP contribution in [0.25, 0.3) is 21.0 Å². The van der Waals surface area contributed by atoms with Gasteiger partial charge in [-0.1, -0.05) is 24.3 Å². The molecule has 0 fully saturated rings. The lowest BCUT2D eigenvalue weighted by Crippen LogP contribution is -2.25. The van der Waals surface area contributed by atoms with E-state index in [2.05, 4.69) is 20.0 Å². The zero-order valence-electron chi connectivity index (χ0n) is 18.4. The topological polar surface area (TPSA) is 96.1 Å². The molecule has 0 spiro atoms. The number of amides is 2. The van der Waals surface area contributed by atoms with Crippen molar-refractivity contribution in [2.75, 3.05) is 19.0 Å². The summed E-state index contributed by atoms with van der Waals surface area (Å²) in [5.74, 6) is 0.291. The highest BCUT2D eigenvalue weighted by Gasteiger charge is 2.15. The van der Waals surface area contributed by atoms with Crippen molar-refractivity contribution in [3.05, 3.63) is 89.7 Å². The van der Waals surface area contributed by atoms with Gasteiger partial charge < -0.3 is 20.4 Å². The van der Waals surface area contributed by atoms with Crippen LogP contribution in [0, 0.1) is 0 Å². The molecule has 5 aromatic rings. The van der Waals surface area contributed by atoms with E-state index < -0.39 is 0 Å². The Balaban J connectivity index is 1.23. The van der Waals surface area contributed by atoms with Crippen LogP contribution in [-0.4, -0.2) is 34.8 Å². The lowest BCUT2D eigenvalue weighted by atomic mass is 10.1. The maximum atomic E-state index is 12.7. The van der Waals surface area contributed by atoms with Crippen molar-refractivity contribution in [2.45, 2.75) is 6.42 Å². The zero-order valence-corrected chi connectivity index (χ0v) is 19.2. The molecule has 0 bridgehead atoms. The summed E-state index contributed by atoms with van der Waals surface area (Å²) in [6.45, 7) is 0.477. The molecule has 0 radical (unpaired) electrons. The average Bonchev–Trinajstić information content (AvgIpc) is 3.48. The fourth-order valence-corrected chi connectivity index (χ4v) is 4.66. The number of carbonyl (C=O) groups is 2. The third-order valence-electron chi connectivity index (χ3n) is 5.63. The van der Waals surface area contributed by atoms with Crippen molar-refractivity contribution in [3.63, 3.8) is 0 Å². The summed E-state index contributed by atoms with van der Waals surface area (Å²) >= 11 is 1.29. The van der Waals surface area contributed by atoms with E-state index >= 15 is 0 Å². The van der Waals surface area contributed by atoms with Crippen LogP contribution < -0.4 is 15.4 Å². The summed E-state index contributed by atoms with van der Waals surface area (Å²) in [5, 5.41) is 7.70. The minimum absolute atomic E-state index is 0.201. The normalized spacial score (nSPS) is 11.0. The number of H-pyrrole nitrogens is 1. The van der Waals surface area contributed by atoms with E-state index in [1.165, 1.54) is 11.5 Å². The second-order valence-electron chi connectivity index (χ2n) is 7.79. The largest absolute Gasteiger partial charge is 0.497 e. The molecule has 8 heteroatoms. The first-order valence-electron chi connectivity index (χ1n) is 10.8. The smallest absolute Gasteiger partial charge is 0.276 e. The third-order valence-corrected chi connectivity index (χ3v) is 6.46. The van der Waals surface area contributed by atoms with E-state index in [1.807, 2.05) is 48.7 Å². The van der Waals surface area contributed by atoms with Gasteiger partial charge >= 0.3 is 0 Å². The molecule has 0 aliphatic rings. The van der Waals surface area contributed by atoms with E-state index in [1.54, 1.807) is 31.4 Å². The highest BCUT2D eigenvalue weighted by atomic mass is 32.1. The van der Waals surface area contributed by atoms with Gasteiger partial charge in [-0.2, -0.15) is 4.37 Å². The highest BCUT2D eigenvalue weighted by molar-refractivity contribution is 7.13. The van der Waals surface area contributed by atoms with Crippen molar-refractivity contribution in [1.82, 2.24) is 14.7 Å². The molecular weight excluding hydrogens is 448 g/mol. The Morgan fingerprint density at radius 3 is 2.76 bits per heavy atom. The molecule has 0 aliphatic heterocycles. The Labute approximate surface area is 199 Å². The van der Waals surface area contributed by atoms with Gasteiger partial charge in [-0.05, 0) is 66.0 Å². The number of fused-ring (bicyclic) bond motifs is 2. The van der Waals surface area contributed by atoms with Gasteiger partial charge in [-0.25, -0.2) is 0 Å². The van der Waals surface area contributed by atoms with Crippen LogP contribution in [-0.2, 0) is 6.42 Å². The van der Waals surface area contributed by atoms with Gasteiger partial charge in [0.05, 0.1) is 11.8 Å². The van der Waals surface area contributed by atoms with Crippen LogP contribution in [0.2, 0.25) is 0 Å². The monoisotopic (exact) mass is 470 g/mol. The Hall–Kier alpha value is -4.17. The molecule has 3 aromatic carbocycles. The van der Waals surface area contributed by atoms with Crippen molar-refractivity contribution in [3.8, 4) is 5.75 Å². The summed E-state index contributed by atoms with van der Waals surface area (Å²) in [7, 11) is 1.64. The number of hydrogen-bond acceptors (Lipinski definition) is 5. The molecule has 0 aliphatic carbocycles. The van der Waals surface area contributed by atoms with Gasteiger partial charge in [0, 0.05) is 40.3 Å². The minimum atomic E-state index is -0.301. The van der Waals surface area contributed by atoms with Crippen molar-refractivity contribution >= 4 is 50.0 Å². The maximum absolute atomic E-state index is 12.7. The fraction of sp³-hybridized carbons (Fsp3) is 0.115. The average molecular weight is 471 g/mol. The van der Waals surface area contributed by atoms with Gasteiger partial charge in [-0.15, -0.1) is 0 Å². The quantitative estimate of drug-likeness (QED) is 0.312. The summed E-state index contributed by atoms with van der Waals surface area (Å²) in [6.07, 6.45) is 2.63. The number of carbonyl (C=O) groups excluding carboxylic acids is 2. The van der Waals surface area contributed by atoms with Gasteiger partial charge in [0.1, 0.15) is 11.4 Å². The van der Waals surface area contributed by atoms with Crippen LogP contribution in [0.15, 0.2) is 72.9 Å². The first kappa shape index (κ1) is 21.7. The van der Waals surface area contributed by atoms with E-state index in [0.29, 0.717) is 29.9 Å². The summed E-state index contributed by atoms with van der Waals surface area (Å²) < 4.78 is 10.6. The van der Waals surface area contributed by atoms with Gasteiger partial charge in [0.2, 0.25) is 0 Å². The second-order valence-corrected chi connectivity index (χ2v) is 8.60. The number of anilines is 1. The number of benzene rings is 3. The first-order valence-corrected chi connectivity index (χ1v) is 11.6. The van der Waals surface area contributed by atoms with Gasteiger partial charge in [0.25, 0.3) is 11.8 Å². The summed E-state index contributed by atoms with van der Waals surface area (Å²) in [5.41, 5.74) is 3.52. The SMILES string of the molecule is COc1ccc2[nH]cc(CCNC(=O)c3cccc(NC(=O)c4nsc5ccccc45)c3)c2c1.